The zero-order valence-corrected chi connectivity index (χ0v) is 20.1. The van der Waals surface area contributed by atoms with Crippen LogP contribution in [0.25, 0.3) is 0 Å². The predicted molar refractivity (Wildman–Crippen MR) is 139 cm³/mol. The highest BCUT2D eigenvalue weighted by Crippen LogP contribution is 2.40. The highest BCUT2D eigenvalue weighted by molar-refractivity contribution is 5.85. The molecule has 4 N–H and O–H groups in total. The van der Waals surface area contributed by atoms with E-state index in [-0.39, 0.29) is 6.42 Å². The van der Waals surface area contributed by atoms with Crippen molar-refractivity contribution in [3.05, 3.63) is 132 Å². The Hall–Kier alpha value is -4.56. The molecule has 2 heterocycles. The third-order valence-corrected chi connectivity index (χ3v) is 6.22. The SMILES string of the molecule is O=C(O)N[C@H](CCc1ccccc1)C(=O)N[C@H](c1ccccc1)C(O)(c1cccnc1)c1cccnc1. The Labute approximate surface area is 215 Å². The lowest BCUT2D eigenvalue weighted by Gasteiger charge is -2.38. The van der Waals surface area contributed by atoms with Crippen LogP contribution in [0.5, 0.6) is 0 Å². The molecule has 0 bridgehead atoms. The van der Waals surface area contributed by atoms with Gasteiger partial charge < -0.3 is 20.8 Å². The minimum Gasteiger partial charge on any atom is -0.465 e. The lowest BCUT2D eigenvalue weighted by molar-refractivity contribution is -0.126. The summed E-state index contributed by atoms with van der Waals surface area (Å²) < 4.78 is 0. The molecule has 0 radical (unpaired) electrons. The molecule has 8 nitrogen and oxygen atoms in total. The van der Waals surface area contributed by atoms with Gasteiger partial charge >= 0.3 is 6.09 Å². The average molecular weight is 497 g/mol. The summed E-state index contributed by atoms with van der Waals surface area (Å²) in [5.74, 6) is -0.557. The van der Waals surface area contributed by atoms with Gasteiger partial charge in [0.1, 0.15) is 11.6 Å². The van der Waals surface area contributed by atoms with Crippen molar-refractivity contribution in [2.24, 2.45) is 0 Å². The number of carbonyl (C=O) groups excluding carboxylic acids is 1. The van der Waals surface area contributed by atoms with Crippen molar-refractivity contribution in [1.29, 1.82) is 0 Å². The van der Waals surface area contributed by atoms with Crippen LogP contribution in [-0.4, -0.2) is 38.2 Å². The maximum Gasteiger partial charge on any atom is 0.405 e. The van der Waals surface area contributed by atoms with E-state index < -0.39 is 29.7 Å². The molecule has 0 saturated heterocycles. The van der Waals surface area contributed by atoms with Gasteiger partial charge in [-0.25, -0.2) is 4.79 Å². The number of aryl methyl sites for hydroxylation is 1. The Morgan fingerprint density at radius 3 is 1.86 bits per heavy atom. The van der Waals surface area contributed by atoms with Gasteiger partial charge in [0, 0.05) is 35.9 Å². The van der Waals surface area contributed by atoms with Crippen molar-refractivity contribution in [3.8, 4) is 0 Å². The summed E-state index contributed by atoms with van der Waals surface area (Å²) in [5, 5.41) is 27.1. The summed E-state index contributed by atoms with van der Waals surface area (Å²) in [5.41, 5.74) is 0.748. The molecule has 2 aromatic carbocycles. The molecule has 0 saturated carbocycles. The summed E-state index contributed by atoms with van der Waals surface area (Å²) in [6.45, 7) is 0. The first-order valence-corrected chi connectivity index (χ1v) is 11.9. The minimum atomic E-state index is -1.76. The summed E-state index contributed by atoms with van der Waals surface area (Å²) in [7, 11) is 0. The first-order chi connectivity index (χ1) is 18.0. The topological polar surface area (TPSA) is 124 Å². The second-order valence-electron chi connectivity index (χ2n) is 8.63. The minimum absolute atomic E-state index is 0.238. The van der Waals surface area contributed by atoms with Crippen LogP contribution in [0.3, 0.4) is 0 Å². The fourth-order valence-electron chi connectivity index (χ4n) is 4.37. The van der Waals surface area contributed by atoms with Gasteiger partial charge in [-0.3, -0.25) is 14.8 Å². The maximum atomic E-state index is 13.6. The molecule has 4 rings (SSSR count). The van der Waals surface area contributed by atoms with Crippen LogP contribution in [0.1, 0.15) is 34.7 Å². The van der Waals surface area contributed by atoms with Crippen molar-refractivity contribution in [2.45, 2.75) is 30.5 Å². The fourth-order valence-corrected chi connectivity index (χ4v) is 4.37. The molecule has 2 aromatic heterocycles. The van der Waals surface area contributed by atoms with Crippen LogP contribution in [0.4, 0.5) is 4.79 Å². The number of carboxylic acid groups (broad SMARTS) is 1. The van der Waals surface area contributed by atoms with Gasteiger partial charge in [0.2, 0.25) is 5.91 Å². The van der Waals surface area contributed by atoms with E-state index in [1.165, 1.54) is 12.4 Å². The normalized spacial score (nSPS) is 12.8. The van der Waals surface area contributed by atoms with Crippen molar-refractivity contribution < 1.29 is 19.8 Å². The lowest BCUT2D eigenvalue weighted by Crippen LogP contribution is -2.52. The highest BCUT2D eigenvalue weighted by atomic mass is 16.4. The number of aromatic nitrogens is 2. The van der Waals surface area contributed by atoms with E-state index in [0.29, 0.717) is 23.1 Å². The van der Waals surface area contributed by atoms with E-state index in [2.05, 4.69) is 20.6 Å². The van der Waals surface area contributed by atoms with Gasteiger partial charge in [-0.1, -0.05) is 72.8 Å². The molecule has 0 spiro atoms. The number of nitrogens with zero attached hydrogens (tertiary/aromatic N) is 2. The number of nitrogens with one attached hydrogen (secondary N) is 2. The number of amides is 2. The Bertz CT molecular complexity index is 1250. The summed E-state index contributed by atoms with van der Waals surface area (Å²) in [6.07, 6.45) is 5.69. The Morgan fingerprint density at radius 1 is 0.784 bits per heavy atom. The van der Waals surface area contributed by atoms with E-state index in [1.54, 1.807) is 48.8 Å². The van der Waals surface area contributed by atoms with E-state index in [1.807, 2.05) is 48.5 Å². The van der Waals surface area contributed by atoms with Crippen LogP contribution < -0.4 is 10.6 Å². The quantitative estimate of drug-likeness (QED) is 0.264. The molecule has 188 valence electrons. The van der Waals surface area contributed by atoms with Gasteiger partial charge in [0.05, 0.1) is 6.04 Å². The average Bonchev–Trinajstić information content (AvgIpc) is 2.95. The largest absolute Gasteiger partial charge is 0.465 e. The standard InChI is InChI=1S/C29H28N4O4/c34-27(25(32-28(35)36)16-15-21-9-3-1-4-10-21)33-26(22-11-5-2-6-12-22)29(37,23-13-7-17-30-19-23)24-14-8-18-31-20-24/h1-14,17-20,25-26,32,37H,15-16H2,(H,33,34)(H,35,36)/t25-,26-/m1/s1. The zero-order valence-electron chi connectivity index (χ0n) is 20.1. The maximum absolute atomic E-state index is 13.6. The second kappa shape index (κ2) is 11.9. The van der Waals surface area contributed by atoms with Gasteiger partial charge in [-0.15, -0.1) is 0 Å². The molecule has 0 aliphatic heterocycles. The third-order valence-electron chi connectivity index (χ3n) is 6.22. The molecule has 0 fully saturated rings. The van der Waals surface area contributed by atoms with Gasteiger partial charge in [0.15, 0.2) is 0 Å². The highest BCUT2D eigenvalue weighted by Gasteiger charge is 2.43. The van der Waals surface area contributed by atoms with E-state index in [9.17, 15) is 19.8 Å². The van der Waals surface area contributed by atoms with E-state index in [0.717, 1.165) is 5.56 Å². The molecule has 0 aliphatic rings. The molecule has 37 heavy (non-hydrogen) atoms. The van der Waals surface area contributed by atoms with Gasteiger partial charge in [-0.05, 0) is 36.1 Å². The molecule has 4 aromatic rings. The smallest absolute Gasteiger partial charge is 0.405 e. The third kappa shape index (κ3) is 6.17. The summed E-state index contributed by atoms with van der Waals surface area (Å²) >= 11 is 0. The number of hydrogen-bond donors (Lipinski definition) is 4. The molecule has 2 atom stereocenters. The molecule has 8 heteroatoms. The van der Waals surface area contributed by atoms with Crippen molar-refractivity contribution in [1.82, 2.24) is 20.6 Å². The molecular formula is C29H28N4O4. The van der Waals surface area contributed by atoms with Crippen LogP contribution in [-0.2, 0) is 16.8 Å². The van der Waals surface area contributed by atoms with Crippen molar-refractivity contribution in [3.63, 3.8) is 0 Å². The molecule has 0 unspecified atom stereocenters. The number of benzene rings is 2. The van der Waals surface area contributed by atoms with Crippen molar-refractivity contribution in [2.75, 3.05) is 0 Å². The molecular weight excluding hydrogens is 468 g/mol. The number of carbonyl (C=O) groups is 2. The van der Waals surface area contributed by atoms with Crippen LogP contribution in [0.2, 0.25) is 0 Å². The Kier molecular flexibility index (Phi) is 8.22. The number of pyridine rings is 2. The predicted octanol–water partition coefficient (Wildman–Crippen LogP) is 3.84. The summed E-state index contributed by atoms with van der Waals surface area (Å²) in [4.78, 5) is 33.5. The number of rotatable bonds is 10. The Balaban J connectivity index is 1.73. The molecule has 2 amide bonds. The summed E-state index contributed by atoms with van der Waals surface area (Å²) in [6, 6.07) is 23.4. The molecule has 0 aliphatic carbocycles. The lowest BCUT2D eigenvalue weighted by atomic mass is 9.78. The van der Waals surface area contributed by atoms with Gasteiger partial charge in [-0.2, -0.15) is 0 Å². The first-order valence-electron chi connectivity index (χ1n) is 11.9. The number of hydrogen-bond acceptors (Lipinski definition) is 5. The number of aliphatic hydroxyl groups is 1. The van der Waals surface area contributed by atoms with E-state index in [4.69, 9.17) is 0 Å². The zero-order chi connectivity index (χ0) is 26.1. The van der Waals surface area contributed by atoms with Crippen LogP contribution in [0, 0.1) is 0 Å². The van der Waals surface area contributed by atoms with Crippen molar-refractivity contribution >= 4 is 12.0 Å². The van der Waals surface area contributed by atoms with E-state index >= 15 is 0 Å². The monoisotopic (exact) mass is 496 g/mol. The van der Waals surface area contributed by atoms with Crippen LogP contribution >= 0.6 is 0 Å². The first kappa shape index (κ1) is 25.5. The second-order valence-corrected chi connectivity index (χ2v) is 8.63. The van der Waals surface area contributed by atoms with Gasteiger partial charge in [0.25, 0.3) is 0 Å². The Morgan fingerprint density at radius 2 is 1.35 bits per heavy atom. The fraction of sp³-hybridized carbons (Fsp3) is 0.172. The van der Waals surface area contributed by atoms with Crippen LogP contribution in [0.15, 0.2) is 110 Å².